The number of hydrogen-bond donors (Lipinski definition) is 0. The van der Waals surface area contributed by atoms with Crippen LogP contribution in [0.15, 0.2) is 12.4 Å². The second-order valence-electron chi connectivity index (χ2n) is 5.68. The number of nitrogens with zero attached hydrogens (tertiary/aromatic N) is 4. The van der Waals surface area contributed by atoms with Gasteiger partial charge in [-0.15, -0.1) is 0 Å². The molecule has 2 fully saturated rings. The minimum atomic E-state index is 0.913. The molecule has 0 amide bonds. The molecule has 0 radical (unpaired) electrons. The standard InChI is InChI=1S/C11H17N3.C5H11NO.C2H6/c1-2-10-8-13-11(9-12-10)14-6-4-3-5-7-14;1-6-2-4-7-5-3-6;1-2/h8-9H,2-7H2,1H3;2-5H2,1H3;1-2H3. The molecular weight excluding hydrogens is 288 g/mol. The second-order valence-corrected chi connectivity index (χ2v) is 5.68. The molecule has 0 saturated carbocycles. The van der Waals surface area contributed by atoms with E-state index >= 15 is 0 Å². The van der Waals surface area contributed by atoms with E-state index in [0.29, 0.717) is 0 Å². The number of ether oxygens (including phenoxy) is 1. The maximum absolute atomic E-state index is 5.10. The summed E-state index contributed by atoms with van der Waals surface area (Å²) in [6.07, 6.45) is 8.70. The van der Waals surface area contributed by atoms with E-state index in [4.69, 9.17) is 4.74 Å². The lowest BCUT2D eigenvalue weighted by Crippen LogP contribution is -2.32. The first-order valence-electron chi connectivity index (χ1n) is 9.11. The van der Waals surface area contributed by atoms with Crippen molar-refractivity contribution >= 4 is 5.82 Å². The molecule has 0 unspecified atom stereocenters. The summed E-state index contributed by atoms with van der Waals surface area (Å²) in [5.74, 6) is 1.04. The van der Waals surface area contributed by atoms with E-state index < -0.39 is 0 Å². The van der Waals surface area contributed by atoms with E-state index in [1.54, 1.807) is 0 Å². The lowest BCUT2D eigenvalue weighted by Gasteiger charge is -2.27. The molecule has 2 aliphatic rings. The minimum Gasteiger partial charge on any atom is -0.379 e. The van der Waals surface area contributed by atoms with E-state index in [9.17, 15) is 0 Å². The second kappa shape index (κ2) is 12.3. The van der Waals surface area contributed by atoms with Crippen LogP contribution in [0.2, 0.25) is 0 Å². The van der Waals surface area contributed by atoms with Gasteiger partial charge in [-0.3, -0.25) is 4.98 Å². The molecule has 0 aromatic carbocycles. The number of morpholine rings is 1. The predicted molar refractivity (Wildman–Crippen MR) is 97.1 cm³/mol. The highest BCUT2D eigenvalue weighted by molar-refractivity contribution is 5.36. The quantitative estimate of drug-likeness (QED) is 0.837. The Morgan fingerprint density at radius 3 is 2.04 bits per heavy atom. The zero-order valence-electron chi connectivity index (χ0n) is 15.4. The number of rotatable bonds is 2. The van der Waals surface area contributed by atoms with Crippen molar-refractivity contribution in [3.8, 4) is 0 Å². The van der Waals surface area contributed by atoms with Crippen molar-refractivity contribution in [2.24, 2.45) is 0 Å². The Balaban J connectivity index is 0.000000247. The zero-order valence-corrected chi connectivity index (χ0v) is 15.4. The first kappa shape index (κ1) is 19.8. The molecule has 0 spiro atoms. The highest BCUT2D eigenvalue weighted by atomic mass is 16.5. The number of aryl methyl sites for hydroxylation is 1. The molecule has 132 valence electrons. The fourth-order valence-electron chi connectivity index (χ4n) is 2.47. The van der Waals surface area contributed by atoms with Gasteiger partial charge in [0.25, 0.3) is 0 Å². The van der Waals surface area contributed by atoms with E-state index in [1.165, 1.54) is 19.3 Å². The molecule has 1 aromatic rings. The Labute approximate surface area is 142 Å². The molecule has 3 rings (SSSR count). The molecule has 23 heavy (non-hydrogen) atoms. The monoisotopic (exact) mass is 322 g/mol. The van der Waals surface area contributed by atoms with Crippen LogP contribution in [0.5, 0.6) is 0 Å². The Bertz CT molecular complexity index is 385. The van der Waals surface area contributed by atoms with Crippen LogP contribution in [0.25, 0.3) is 0 Å². The van der Waals surface area contributed by atoms with Crippen LogP contribution in [-0.2, 0) is 11.2 Å². The summed E-state index contributed by atoms with van der Waals surface area (Å²) >= 11 is 0. The van der Waals surface area contributed by atoms with E-state index in [-0.39, 0.29) is 0 Å². The van der Waals surface area contributed by atoms with Gasteiger partial charge in [-0.05, 0) is 32.7 Å². The fourth-order valence-corrected chi connectivity index (χ4v) is 2.47. The maximum Gasteiger partial charge on any atom is 0.147 e. The summed E-state index contributed by atoms with van der Waals surface area (Å²) in [6.45, 7) is 12.4. The summed E-state index contributed by atoms with van der Waals surface area (Å²) in [6, 6.07) is 0. The van der Waals surface area contributed by atoms with Crippen molar-refractivity contribution in [1.29, 1.82) is 0 Å². The van der Waals surface area contributed by atoms with Gasteiger partial charge in [0, 0.05) is 26.2 Å². The van der Waals surface area contributed by atoms with Crippen LogP contribution in [0.3, 0.4) is 0 Å². The minimum absolute atomic E-state index is 0.913. The number of likely N-dealkylation sites (N-methyl/N-ethyl adjacent to an activating group) is 1. The number of aromatic nitrogens is 2. The molecule has 3 heterocycles. The lowest BCUT2D eigenvalue weighted by molar-refractivity contribution is 0.0503. The van der Waals surface area contributed by atoms with Gasteiger partial charge in [-0.1, -0.05) is 20.8 Å². The Hall–Kier alpha value is -1.20. The molecule has 0 atom stereocenters. The maximum atomic E-state index is 5.10. The normalized spacial score (nSPS) is 18.3. The van der Waals surface area contributed by atoms with Crippen molar-refractivity contribution in [1.82, 2.24) is 14.9 Å². The van der Waals surface area contributed by atoms with Crippen molar-refractivity contribution in [3.05, 3.63) is 18.1 Å². The van der Waals surface area contributed by atoms with Gasteiger partial charge in [0.05, 0.1) is 31.3 Å². The van der Waals surface area contributed by atoms with Crippen molar-refractivity contribution in [3.63, 3.8) is 0 Å². The Morgan fingerprint density at radius 2 is 1.61 bits per heavy atom. The highest BCUT2D eigenvalue weighted by Gasteiger charge is 2.11. The molecule has 5 nitrogen and oxygen atoms in total. The highest BCUT2D eigenvalue weighted by Crippen LogP contribution is 2.16. The molecule has 2 aliphatic heterocycles. The van der Waals surface area contributed by atoms with Gasteiger partial charge in [0.2, 0.25) is 0 Å². The van der Waals surface area contributed by atoms with E-state index in [2.05, 4.69) is 33.7 Å². The topological polar surface area (TPSA) is 41.5 Å². The van der Waals surface area contributed by atoms with Gasteiger partial charge in [-0.2, -0.15) is 0 Å². The summed E-state index contributed by atoms with van der Waals surface area (Å²) < 4.78 is 5.10. The molecule has 0 bridgehead atoms. The smallest absolute Gasteiger partial charge is 0.147 e. The average Bonchev–Trinajstić information content (AvgIpc) is 2.65. The number of hydrogen-bond acceptors (Lipinski definition) is 5. The summed E-state index contributed by atoms with van der Waals surface area (Å²) in [5, 5.41) is 0. The third-order valence-corrected chi connectivity index (χ3v) is 3.97. The Kier molecular flexibility index (Phi) is 10.6. The van der Waals surface area contributed by atoms with Gasteiger partial charge >= 0.3 is 0 Å². The van der Waals surface area contributed by atoms with E-state index in [0.717, 1.165) is 57.3 Å². The summed E-state index contributed by atoms with van der Waals surface area (Å²) in [5.41, 5.74) is 1.07. The fraction of sp³-hybridized carbons (Fsp3) is 0.778. The Morgan fingerprint density at radius 1 is 0.957 bits per heavy atom. The van der Waals surface area contributed by atoms with E-state index in [1.807, 2.05) is 26.2 Å². The third-order valence-electron chi connectivity index (χ3n) is 3.97. The third kappa shape index (κ3) is 7.75. The van der Waals surface area contributed by atoms with Gasteiger partial charge in [0.15, 0.2) is 0 Å². The molecule has 0 N–H and O–H groups in total. The largest absolute Gasteiger partial charge is 0.379 e. The van der Waals surface area contributed by atoms with Crippen LogP contribution >= 0.6 is 0 Å². The zero-order chi connectivity index (χ0) is 16.9. The SMILES string of the molecule is CC.CCc1cnc(N2CCCCC2)cn1.CN1CCOCC1. The van der Waals surface area contributed by atoms with Crippen LogP contribution in [-0.4, -0.2) is 61.3 Å². The molecule has 5 heteroatoms. The van der Waals surface area contributed by atoms with Crippen LogP contribution in [0.4, 0.5) is 5.82 Å². The van der Waals surface area contributed by atoms with Crippen LogP contribution in [0.1, 0.15) is 45.7 Å². The molecule has 0 aliphatic carbocycles. The molecule has 1 aromatic heterocycles. The van der Waals surface area contributed by atoms with Gasteiger partial charge < -0.3 is 14.5 Å². The first-order valence-corrected chi connectivity index (χ1v) is 9.11. The number of anilines is 1. The van der Waals surface area contributed by atoms with Crippen LogP contribution in [0, 0.1) is 0 Å². The van der Waals surface area contributed by atoms with Gasteiger partial charge in [0.1, 0.15) is 5.82 Å². The van der Waals surface area contributed by atoms with Crippen molar-refractivity contribution in [2.45, 2.75) is 46.5 Å². The summed E-state index contributed by atoms with van der Waals surface area (Å²) in [7, 11) is 2.11. The predicted octanol–water partition coefficient (Wildman–Crippen LogP) is 3.00. The number of piperidine rings is 1. The molecular formula is C18H34N4O. The lowest BCUT2D eigenvalue weighted by atomic mass is 10.1. The summed E-state index contributed by atoms with van der Waals surface area (Å²) in [4.78, 5) is 13.4. The van der Waals surface area contributed by atoms with Crippen molar-refractivity contribution in [2.75, 3.05) is 51.3 Å². The van der Waals surface area contributed by atoms with Gasteiger partial charge in [-0.25, -0.2) is 4.98 Å². The van der Waals surface area contributed by atoms with Crippen molar-refractivity contribution < 1.29 is 4.74 Å². The average molecular weight is 322 g/mol. The molecule has 2 saturated heterocycles. The van der Waals surface area contributed by atoms with Crippen LogP contribution < -0.4 is 4.90 Å². The first-order chi connectivity index (χ1) is 11.3.